The van der Waals surface area contributed by atoms with E-state index in [9.17, 15) is 9.18 Å². The Bertz CT molecular complexity index is 893. The summed E-state index contributed by atoms with van der Waals surface area (Å²) in [6.45, 7) is 1.78. The second-order valence-corrected chi connectivity index (χ2v) is 7.47. The maximum Gasteiger partial charge on any atom is 0.242 e. The summed E-state index contributed by atoms with van der Waals surface area (Å²) in [5, 5.41) is 9.93. The van der Waals surface area contributed by atoms with Crippen molar-refractivity contribution in [2.45, 2.75) is 25.3 Å². The fraction of sp³-hybridized carbons (Fsp3) is 0.316. The molecule has 0 bridgehead atoms. The van der Waals surface area contributed by atoms with Gasteiger partial charge in [0.1, 0.15) is 17.4 Å². The van der Waals surface area contributed by atoms with E-state index in [1.807, 2.05) is 34.0 Å². The molecular weight excluding hydrogens is 351 g/mol. The largest absolute Gasteiger partial charge is 0.345 e. The summed E-state index contributed by atoms with van der Waals surface area (Å²) < 4.78 is 15.8. The van der Waals surface area contributed by atoms with Crippen molar-refractivity contribution >= 4 is 17.2 Å². The van der Waals surface area contributed by atoms with Crippen molar-refractivity contribution in [2.24, 2.45) is 0 Å². The van der Waals surface area contributed by atoms with Gasteiger partial charge in [0.25, 0.3) is 0 Å². The van der Waals surface area contributed by atoms with Crippen LogP contribution in [0.15, 0.2) is 48.8 Å². The molecule has 3 heterocycles. The molecular formula is C19H19FN4OS. The molecule has 5 nitrogen and oxygen atoms in total. The Morgan fingerprint density at radius 2 is 2.00 bits per heavy atom. The van der Waals surface area contributed by atoms with Crippen molar-refractivity contribution in [1.29, 1.82) is 0 Å². The van der Waals surface area contributed by atoms with E-state index in [0.29, 0.717) is 23.7 Å². The SMILES string of the molecule is O=C(Cn1cccc1)N1CCCC(c2nnc(-c3ccccc3F)s2)C1. The summed E-state index contributed by atoms with van der Waals surface area (Å²) in [5.41, 5.74) is 0.479. The average molecular weight is 370 g/mol. The number of hydrogen-bond acceptors (Lipinski definition) is 4. The van der Waals surface area contributed by atoms with Gasteiger partial charge in [-0.25, -0.2) is 4.39 Å². The van der Waals surface area contributed by atoms with E-state index < -0.39 is 0 Å². The Morgan fingerprint density at radius 1 is 1.19 bits per heavy atom. The quantitative estimate of drug-likeness (QED) is 0.706. The summed E-state index contributed by atoms with van der Waals surface area (Å²) in [4.78, 5) is 14.4. The number of likely N-dealkylation sites (tertiary alicyclic amines) is 1. The second kappa shape index (κ2) is 7.37. The Kier molecular flexibility index (Phi) is 4.79. The van der Waals surface area contributed by atoms with Crippen LogP contribution in [0.3, 0.4) is 0 Å². The maximum atomic E-state index is 14.0. The lowest BCUT2D eigenvalue weighted by Crippen LogP contribution is -2.40. The highest BCUT2D eigenvalue weighted by atomic mass is 32.1. The van der Waals surface area contributed by atoms with Gasteiger partial charge >= 0.3 is 0 Å². The number of rotatable bonds is 4. The lowest BCUT2D eigenvalue weighted by atomic mass is 9.99. The van der Waals surface area contributed by atoms with Crippen LogP contribution in [0.1, 0.15) is 23.8 Å². The third-order valence-corrected chi connectivity index (χ3v) is 5.77. The fourth-order valence-corrected chi connectivity index (χ4v) is 4.28. The zero-order chi connectivity index (χ0) is 17.9. The lowest BCUT2D eigenvalue weighted by molar-refractivity contribution is -0.133. The van der Waals surface area contributed by atoms with Gasteiger partial charge in [0.2, 0.25) is 5.91 Å². The van der Waals surface area contributed by atoms with E-state index >= 15 is 0 Å². The molecule has 1 aliphatic rings. The Hall–Kier alpha value is -2.54. The van der Waals surface area contributed by atoms with Crippen LogP contribution < -0.4 is 0 Å². The van der Waals surface area contributed by atoms with Crippen molar-refractivity contribution in [3.8, 4) is 10.6 Å². The van der Waals surface area contributed by atoms with Crippen LogP contribution in [0.25, 0.3) is 10.6 Å². The number of carbonyl (C=O) groups is 1. The molecule has 1 aliphatic heterocycles. The number of nitrogens with zero attached hydrogens (tertiary/aromatic N) is 4. The lowest BCUT2D eigenvalue weighted by Gasteiger charge is -2.31. The van der Waals surface area contributed by atoms with Crippen molar-refractivity contribution < 1.29 is 9.18 Å². The third-order valence-electron chi connectivity index (χ3n) is 4.65. The standard InChI is InChI=1S/C19H19FN4OS/c20-16-8-2-1-7-15(16)19-22-21-18(26-19)14-6-5-11-24(12-14)17(25)13-23-9-3-4-10-23/h1-4,7-10,14H,5-6,11-13H2. The van der Waals surface area contributed by atoms with Crippen LogP contribution in [0.2, 0.25) is 0 Å². The molecule has 1 fully saturated rings. The molecule has 3 aromatic rings. The molecule has 1 amide bonds. The van der Waals surface area contributed by atoms with Gasteiger partial charge in [0.15, 0.2) is 5.01 Å². The maximum absolute atomic E-state index is 14.0. The van der Waals surface area contributed by atoms with Gasteiger partial charge in [-0.15, -0.1) is 10.2 Å². The molecule has 0 saturated carbocycles. The van der Waals surface area contributed by atoms with E-state index in [4.69, 9.17) is 0 Å². The second-order valence-electron chi connectivity index (χ2n) is 6.46. The minimum atomic E-state index is -0.289. The van der Waals surface area contributed by atoms with Gasteiger partial charge in [0.05, 0.1) is 0 Å². The first-order chi connectivity index (χ1) is 12.7. The third kappa shape index (κ3) is 3.53. The van der Waals surface area contributed by atoms with Gasteiger partial charge < -0.3 is 9.47 Å². The molecule has 1 saturated heterocycles. The van der Waals surface area contributed by atoms with Gasteiger partial charge in [-0.05, 0) is 37.1 Å². The summed E-state index contributed by atoms with van der Waals surface area (Å²) in [7, 11) is 0. The van der Waals surface area contributed by atoms with E-state index in [1.54, 1.807) is 18.2 Å². The number of hydrogen-bond donors (Lipinski definition) is 0. The first kappa shape index (κ1) is 16.9. The van der Waals surface area contributed by atoms with Crippen LogP contribution in [0.5, 0.6) is 0 Å². The molecule has 0 spiro atoms. The van der Waals surface area contributed by atoms with Crippen LogP contribution >= 0.6 is 11.3 Å². The van der Waals surface area contributed by atoms with Crippen LogP contribution in [-0.2, 0) is 11.3 Å². The zero-order valence-corrected chi connectivity index (χ0v) is 15.0. The number of amides is 1. The Morgan fingerprint density at radius 3 is 2.81 bits per heavy atom. The molecule has 1 atom stereocenters. The van der Waals surface area contributed by atoms with Crippen LogP contribution in [-0.4, -0.2) is 38.7 Å². The molecule has 2 aromatic heterocycles. The summed E-state index contributed by atoms with van der Waals surface area (Å²) in [6, 6.07) is 10.4. The number of carbonyl (C=O) groups excluding carboxylic acids is 1. The fourth-order valence-electron chi connectivity index (χ4n) is 3.28. The van der Waals surface area contributed by atoms with E-state index in [-0.39, 0.29) is 17.6 Å². The molecule has 4 rings (SSSR count). The monoisotopic (exact) mass is 370 g/mol. The molecule has 0 aliphatic carbocycles. The number of halogens is 1. The molecule has 7 heteroatoms. The molecule has 26 heavy (non-hydrogen) atoms. The minimum Gasteiger partial charge on any atom is -0.345 e. The molecule has 0 N–H and O–H groups in total. The molecule has 1 unspecified atom stereocenters. The molecule has 0 radical (unpaired) electrons. The van der Waals surface area contributed by atoms with Crippen molar-refractivity contribution in [3.05, 3.63) is 59.6 Å². The minimum absolute atomic E-state index is 0.116. The highest BCUT2D eigenvalue weighted by Gasteiger charge is 2.27. The van der Waals surface area contributed by atoms with Crippen molar-refractivity contribution in [2.75, 3.05) is 13.1 Å². The number of benzene rings is 1. The van der Waals surface area contributed by atoms with Crippen LogP contribution in [0, 0.1) is 5.82 Å². The van der Waals surface area contributed by atoms with E-state index in [2.05, 4.69) is 10.2 Å². The molecule has 134 valence electrons. The summed E-state index contributed by atoms with van der Waals surface area (Å²) >= 11 is 1.42. The Balaban J connectivity index is 1.46. The average Bonchev–Trinajstić information content (AvgIpc) is 3.34. The highest BCUT2D eigenvalue weighted by molar-refractivity contribution is 7.14. The molecule has 1 aromatic carbocycles. The van der Waals surface area contributed by atoms with E-state index in [1.165, 1.54) is 17.4 Å². The Labute approximate surface area is 155 Å². The first-order valence-electron chi connectivity index (χ1n) is 8.67. The smallest absolute Gasteiger partial charge is 0.242 e. The van der Waals surface area contributed by atoms with Gasteiger partial charge in [-0.3, -0.25) is 4.79 Å². The first-order valence-corrected chi connectivity index (χ1v) is 9.49. The highest BCUT2D eigenvalue weighted by Crippen LogP contribution is 2.33. The van der Waals surface area contributed by atoms with E-state index in [0.717, 1.165) is 24.4 Å². The predicted molar refractivity (Wildman–Crippen MR) is 98.3 cm³/mol. The number of piperidine rings is 1. The number of aromatic nitrogens is 3. The summed E-state index contributed by atoms with van der Waals surface area (Å²) in [5.74, 6) is -0.0116. The van der Waals surface area contributed by atoms with Gasteiger partial charge in [0, 0.05) is 37.0 Å². The predicted octanol–water partition coefficient (Wildman–Crippen LogP) is 3.55. The van der Waals surface area contributed by atoms with Gasteiger partial charge in [-0.1, -0.05) is 23.5 Å². The van der Waals surface area contributed by atoms with Gasteiger partial charge in [-0.2, -0.15) is 0 Å². The van der Waals surface area contributed by atoms with Crippen molar-refractivity contribution in [3.63, 3.8) is 0 Å². The summed E-state index contributed by atoms with van der Waals surface area (Å²) in [6.07, 6.45) is 5.70. The van der Waals surface area contributed by atoms with Crippen molar-refractivity contribution in [1.82, 2.24) is 19.7 Å². The topological polar surface area (TPSA) is 51.0 Å². The van der Waals surface area contributed by atoms with Crippen LogP contribution in [0.4, 0.5) is 4.39 Å². The normalized spacial score (nSPS) is 17.4. The zero-order valence-electron chi connectivity index (χ0n) is 14.2.